The van der Waals surface area contributed by atoms with E-state index in [0.717, 1.165) is 6.54 Å². The Morgan fingerprint density at radius 2 is 2.00 bits per heavy atom. The molecule has 2 aliphatic rings. The normalized spacial score (nSPS) is 21.7. The zero-order chi connectivity index (χ0) is 32.9. The van der Waals surface area contributed by atoms with Crippen molar-refractivity contribution in [3.8, 4) is 17.3 Å². The first-order valence-electron chi connectivity index (χ1n) is 14.8. The number of likely N-dealkylation sites (tertiary alicyclic amines) is 1. The lowest BCUT2D eigenvalue weighted by Crippen LogP contribution is -2.65. The first kappa shape index (κ1) is 31.5. The van der Waals surface area contributed by atoms with Crippen molar-refractivity contribution in [1.29, 1.82) is 0 Å². The second-order valence-electron chi connectivity index (χ2n) is 12.0. The number of anilines is 1. The Hall–Kier alpha value is -4.47. The van der Waals surface area contributed by atoms with Gasteiger partial charge in [-0.2, -0.15) is 9.97 Å². The van der Waals surface area contributed by atoms with Crippen LogP contribution in [0.25, 0.3) is 37.8 Å². The van der Waals surface area contributed by atoms with E-state index < -0.39 is 29.4 Å². The Bertz CT molecular complexity index is 1930. The van der Waals surface area contributed by atoms with E-state index in [1.807, 2.05) is 7.05 Å². The molecule has 238 valence electrons. The van der Waals surface area contributed by atoms with Gasteiger partial charge >= 0.3 is 6.01 Å². The lowest BCUT2D eigenvalue weighted by Gasteiger charge is -2.53. The summed E-state index contributed by atoms with van der Waals surface area (Å²) in [6.07, 6.45) is 1.44. The van der Waals surface area contributed by atoms with Crippen LogP contribution in [0.5, 0.6) is 6.01 Å². The van der Waals surface area contributed by atoms with Gasteiger partial charge in [-0.3, -0.25) is 14.7 Å². The van der Waals surface area contributed by atoms with Crippen molar-refractivity contribution in [2.24, 2.45) is 5.92 Å². The summed E-state index contributed by atoms with van der Waals surface area (Å²) in [4.78, 5) is 34.8. The molecule has 0 saturated carbocycles. The van der Waals surface area contributed by atoms with E-state index in [1.54, 1.807) is 29.2 Å². The fourth-order valence-corrected chi connectivity index (χ4v) is 6.57. The molecule has 4 heterocycles. The molecule has 0 bridgehead atoms. The van der Waals surface area contributed by atoms with Gasteiger partial charge in [-0.1, -0.05) is 49.4 Å². The maximum atomic E-state index is 16.7. The molecule has 0 N–H and O–H groups in total. The van der Waals surface area contributed by atoms with Crippen molar-refractivity contribution in [3.05, 3.63) is 77.0 Å². The minimum atomic E-state index is -1.11. The molecule has 2 unspecified atom stereocenters. The second kappa shape index (κ2) is 12.0. The molecule has 2 saturated heterocycles. The molecule has 6 rings (SSSR count). The molecule has 0 radical (unpaired) electrons. The number of hydrogen-bond donors (Lipinski definition) is 0. The molecule has 46 heavy (non-hydrogen) atoms. The van der Waals surface area contributed by atoms with Gasteiger partial charge in [-0.15, -0.1) is 0 Å². The highest BCUT2D eigenvalue weighted by Gasteiger charge is 2.46. The number of fused-ring (bicyclic) bond motifs is 2. The molecule has 4 aromatic rings. The molecule has 2 aromatic heterocycles. The van der Waals surface area contributed by atoms with Crippen LogP contribution in [0.1, 0.15) is 13.8 Å². The molecule has 3 atom stereocenters. The van der Waals surface area contributed by atoms with Crippen molar-refractivity contribution in [2.45, 2.75) is 25.4 Å². The van der Waals surface area contributed by atoms with Gasteiger partial charge in [0.05, 0.1) is 15.9 Å². The number of halogens is 4. The molecule has 13 heteroatoms. The molecule has 2 fully saturated rings. The van der Waals surface area contributed by atoms with Crippen LogP contribution < -0.4 is 9.64 Å². The van der Waals surface area contributed by atoms with E-state index in [4.69, 9.17) is 22.9 Å². The van der Waals surface area contributed by atoms with Gasteiger partial charge in [-0.25, -0.2) is 19.7 Å². The van der Waals surface area contributed by atoms with Gasteiger partial charge in [0, 0.05) is 43.3 Å². The van der Waals surface area contributed by atoms with E-state index >= 15 is 4.39 Å². The van der Waals surface area contributed by atoms with Gasteiger partial charge in [-0.05, 0) is 31.3 Å². The third-order valence-electron chi connectivity index (χ3n) is 9.39. The van der Waals surface area contributed by atoms with E-state index in [-0.39, 0.29) is 71.5 Å². The lowest BCUT2D eigenvalue weighted by atomic mass is 9.78. The Kier molecular flexibility index (Phi) is 8.25. The molecular weight excluding hydrogens is 619 g/mol. The number of ether oxygens (including phenoxy) is 1. The topological polar surface area (TPSA) is 79.1 Å². The number of aromatic nitrogens is 3. The molecule has 9 nitrogen and oxygen atoms in total. The van der Waals surface area contributed by atoms with E-state index in [9.17, 15) is 13.6 Å². The highest BCUT2D eigenvalue weighted by molar-refractivity contribution is 6.36. The third kappa shape index (κ3) is 5.27. The van der Waals surface area contributed by atoms with Gasteiger partial charge in [0.15, 0.2) is 11.6 Å². The zero-order valence-corrected chi connectivity index (χ0v) is 26.3. The Morgan fingerprint density at radius 1 is 1.22 bits per heavy atom. The number of benzene rings is 2. The van der Waals surface area contributed by atoms with Crippen molar-refractivity contribution in [3.63, 3.8) is 0 Å². The third-order valence-corrected chi connectivity index (χ3v) is 9.76. The van der Waals surface area contributed by atoms with Gasteiger partial charge in [0.25, 0.3) is 5.91 Å². The first-order valence-corrected chi connectivity index (χ1v) is 15.1. The van der Waals surface area contributed by atoms with Crippen LogP contribution in [-0.2, 0) is 4.79 Å². The van der Waals surface area contributed by atoms with Crippen LogP contribution in [0.4, 0.5) is 19.0 Å². The van der Waals surface area contributed by atoms with Crippen LogP contribution in [0.15, 0.2) is 48.9 Å². The zero-order valence-electron chi connectivity index (χ0n) is 25.5. The van der Waals surface area contributed by atoms with Gasteiger partial charge in [0.2, 0.25) is 6.54 Å². The standard InChI is InChI=1S/C33H31ClF3N7O2/c1-18-15-42(5)33(18,3)17-46-32-40-29-23(30(41-32)43-11-12-44(31(45)19(2)35)21(16-43)13-38-4)14-39-28(27(29)37)22-8-6-7-20-9-10-24(36)26(34)25(20)22/h6-10,14,18,21H,2,11-13,15-17H2,1,3,5H3/t18?,21-,33?/m0/s1. The summed E-state index contributed by atoms with van der Waals surface area (Å²) >= 11 is 6.36. The number of hydrogen-bond acceptors (Lipinski definition) is 7. The number of carbonyl (C=O) groups excluding carboxylic acids is 1. The predicted octanol–water partition coefficient (Wildman–Crippen LogP) is 5.92. The summed E-state index contributed by atoms with van der Waals surface area (Å²) in [5.74, 6) is -2.77. The smallest absolute Gasteiger partial charge is 0.319 e. The largest absolute Gasteiger partial charge is 0.461 e. The molecule has 2 aromatic carbocycles. The Labute approximate surface area is 269 Å². The van der Waals surface area contributed by atoms with E-state index in [0.29, 0.717) is 22.5 Å². The summed E-state index contributed by atoms with van der Waals surface area (Å²) in [7, 11) is 2.00. The van der Waals surface area contributed by atoms with E-state index in [1.165, 1.54) is 17.2 Å². The fourth-order valence-electron chi connectivity index (χ4n) is 6.30. The summed E-state index contributed by atoms with van der Waals surface area (Å²) in [5.41, 5.74) is -0.154. The number of carbonyl (C=O) groups is 1. The maximum Gasteiger partial charge on any atom is 0.319 e. The number of piperazine rings is 1. The predicted molar refractivity (Wildman–Crippen MR) is 170 cm³/mol. The number of nitrogens with zero attached hydrogens (tertiary/aromatic N) is 7. The molecule has 2 aliphatic heterocycles. The minimum Gasteiger partial charge on any atom is -0.461 e. The fraction of sp³-hybridized carbons (Fsp3) is 0.364. The Balaban J connectivity index is 1.48. The average Bonchev–Trinajstić information content (AvgIpc) is 3.05. The number of likely N-dealkylation sites (N-methyl/N-ethyl adjacent to an activating group) is 1. The van der Waals surface area contributed by atoms with Crippen molar-refractivity contribution in [2.75, 3.05) is 51.3 Å². The first-order chi connectivity index (χ1) is 21.9. The highest BCUT2D eigenvalue weighted by atomic mass is 35.5. The van der Waals surface area contributed by atoms with Gasteiger partial charge < -0.3 is 19.4 Å². The quantitative estimate of drug-likeness (QED) is 0.182. The molecule has 1 amide bonds. The molecule has 0 aliphatic carbocycles. The number of pyridine rings is 1. The summed E-state index contributed by atoms with van der Waals surface area (Å²) in [6, 6.07) is 7.14. The van der Waals surface area contributed by atoms with Gasteiger partial charge in [0.1, 0.15) is 35.5 Å². The second-order valence-corrected chi connectivity index (χ2v) is 12.4. The van der Waals surface area contributed by atoms with Crippen LogP contribution in [-0.4, -0.2) is 88.6 Å². The Morgan fingerprint density at radius 3 is 2.70 bits per heavy atom. The van der Waals surface area contributed by atoms with Crippen molar-refractivity contribution < 1.29 is 22.7 Å². The average molecular weight is 650 g/mol. The summed E-state index contributed by atoms with van der Waals surface area (Å²) in [5, 5.41) is 1.04. The monoisotopic (exact) mass is 649 g/mol. The van der Waals surface area contributed by atoms with Crippen molar-refractivity contribution >= 4 is 45.0 Å². The van der Waals surface area contributed by atoms with Crippen LogP contribution in [0, 0.1) is 24.1 Å². The number of rotatable bonds is 7. The van der Waals surface area contributed by atoms with Crippen molar-refractivity contribution in [1.82, 2.24) is 24.8 Å². The maximum absolute atomic E-state index is 16.7. The minimum absolute atomic E-state index is 0.0633. The molecule has 0 spiro atoms. The van der Waals surface area contributed by atoms with Crippen LogP contribution >= 0.6 is 11.6 Å². The highest BCUT2D eigenvalue weighted by Crippen LogP contribution is 2.39. The molecular formula is C33H31ClF3N7O2. The van der Waals surface area contributed by atoms with Crippen LogP contribution in [0.2, 0.25) is 5.02 Å². The number of amides is 1. The summed E-state index contributed by atoms with van der Waals surface area (Å²) in [6.45, 7) is 16.2. The summed E-state index contributed by atoms with van der Waals surface area (Å²) < 4.78 is 51.1. The lowest BCUT2D eigenvalue weighted by molar-refractivity contribution is -0.131. The van der Waals surface area contributed by atoms with E-state index in [2.05, 4.69) is 45.1 Å². The van der Waals surface area contributed by atoms with Crippen LogP contribution in [0.3, 0.4) is 0 Å². The SMILES string of the molecule is [C-]#[N+]C[C@H]1CN(c2nc(OCC3(C)C(C)CN3C)nc3c(F)c(-c4cccc5ccc(F)c(Cl)c45)ncc23)CCN1C(=O)C(=C)F.